The van der Waals surface area contributed by atoms with Crippen LogP contribution in [0.5, 0.6) is 0 Å². The van der Waals surface area contributed by atoms with Gasteiger partial charge in [-0.05, 0) is 56.0 Å². The van der Waals surface area contributed by atoms with E-state index in [4.69, 9.17) is 0 Å². The number of benzene rings is 2. The predicted molar refractivity (Wildman–Crippen MR) is 103 cm³/mol. The average Bonchev–Trinajstić information content (AvgIpc) is 2.64. The van der Waals surface area contributed by atoms with Crippen LogP contribution >= 0.6 is 0 Å². The first-order valence-corrected chi connectivity index (χ1v) is 10.4. The van der Waals surface area contributed by atoms with Gasteiger partial charge in [-0.25, -0.2) is 8.42 Å². The molecule has 0 aliphatic carbocycles. The van der Waals surface area contributed by atoms with E-state index in [0.29, 0.717) is 12.1 Å². The third-order valence-electron chi connectivity index (χ3n) is 4.60. The molecule has 2 aromatic carbocycles. The van der Waals surface area contributed by atoms with E-state index in [9.17, 15) is 13.2 Å². The molecule has 138 valence electrons. The lowest BCUT2D eigenvalue weighted by molar-refractivity contribution is -0.131. The summed E-state index contributed by atoms with van der Waals surface area (Å²) in [6.45, 7) is 3.59. The van der Waals surface area contributed by atoms with Crippen LogP contribution in [-0.2, 0) is 21.2 Å². The second-order valence-electron chi connectivity index (χ2n) is 6.73. The van der Waals surface area contributed by atoms with Crippen molar-refractivity contribution in [3.63, 3.8) is 0 Å². The second-order valence-corrected chi connectivity index (χ2v) is 8.42. The number of rotatable bonds is 5. The Bertz CT molecular complexity index is 853. The topological polar surface area (TPSA) is 66.5 Å². The van der Waals surface area contributed by atoms with E-state index >= 15 is 0 Å². The number of nitrogens with zero attached hydrogens (tertiary/aromatic N) is 1. The fourth-order valence-corrected chi connectivity index (χ4v) is 4.11. The molecule has 3 rings (SSSR count). The number of carbonyl (C=O) groups excluding carboxylic acids is 1. The van der Waals surface area contributed by atoms with Crippen molar-refractivity contribution in [2.75, 3.05) is 17.8 Å². The summed E-state index contributed by atoms with van der Waals surface area (Å²) >= 11 is 0. The van der Waals surface area contributed by atoms with Crippen molar-refractivity contribution in [2.24, 2.45) is 0 Å². The molecule has 0 saturated carbocycles. The van der Waals surface area contributed by atoms with Crippen LogP contribution in [0, 0.1) is 6.92 Å². The first-order chi connectivity index (χ1) is 12.4. The van der Waals surface area contributed by atoms with Gasteiger partial charge >= 0.3 is 0 Å². The Morgan fingerprint density at radius 2 is 1.58 bits per heavy atom. The van der Waals surface area contributed by atoms with Gasteiger partial charge in [-0.2, -0.15) is 0 Å². The van der Waals surface area contributed by atoms with Crippen LogP contribution in [0.15, 0.2) is 53.4 Å². The van der Waals surface area contributed by atoms with Gasteiger partial charge in [-0.3, -0.25) is 9.52 Å². The minimum Gasteiger partial charge on any atom is -0.342 e. The molecule has 26 heavy (non-hydrogen) atoms. The van der Waals surface area contributed by atoms with Crippen LogP contribution in [0.1, 0.15) is 30.4 Å². The van der Waals surface area contributed by atoms with Crippen molar-refractivity contribution in [3.05, 3.63) is 59.7 Å². The Hall–Kier alpha value is -2.34. The first-order valence-electron chi connectivity index (χ1n) is 8.90. The van der Waals surface area contributed by atoms with E-state index in [-0.39, 0.29) is 10.8 Å². The molecular weight excluding hydrogens is 348 g/mol. The highest BCUT2D eigenvalue weighted by molar-refractivity contribution is 7.92. The molecular formula is C20H24N2O3S. The molecule has 1 heterocycles. The van der Waals surface area contributed by atoms with E-state index in [1.54, 1.807) is 48.5 Å². The quantitative estimate of drug-likeness (QED) is 0.875. The molecule has 0 bridgehead atoms. The summed E-state index contributed by atoms with van der Waals surface area (Å²) in [7, 11) is -3.61. The van der Waals surface area contributed by atoms with E-state index < -0.39 is 10.0 Å². The van der Waals surface area contributed by atoms with Gasteiger partial charge in [-0.1, -0.05) is 29.8 Å². The first kappa shape index (κ1) is 18.5. The molecule has 1 aliphatic rings. The van der Waals surface area contributed by atoms with Crippen LogP contribution in [-0.4, -0.2) is 32.3 Å². The minimum atomic E-state index is -3.61. The lowest BCUT2D eigenvalue weighted by Crippen LogP contribution is -2.36. The van der Waals surface area contributed by atoms with Gasteiger partial charge in [0.05, 0.1) is 11.3 Å². The van der Waals surface area contributed by atoms with Gasteiger partial charge in [-0.15, -0.1) is 0 Å². The zero-order valence-electron chi connectivity index (χ0n) is 14.9. The molecule has 0 aromatic heterocycles. The van der Waals surface area contributed by atoms with Crippen molar-refractivity contribution in [2.45, 2.75) is 37.5 Å². The molecule has 1 fully saturated rings. The number of piperidine rings is 1. The number of nitrogens with one attached hydrogen (secondary N) is 1. The van der Waals surface area contributed by atoms with Crippen LogP contribution in [0.3, 0.4) is 0 Å². The summed E-state index contributed by atoms with van der Waals surface area (Å²) in [5, 5.41) is 0. The highest BCUT2D eigenvalue weighted by Gasteiger charge is 2.17. The monoisotopic (exact) mass is 372 g/mol. The van der Waals surface area contributed by atoms with Gasteiger partial charge in [0.2, 0.25) is 5.91 Å². The number of amides is 1. The number of likely N-dealkylation sites (tertiary alicyclic amines) is 1. The Labute approximate surface area is 155 Å². The lowest BCUT2D eigenvalue weighted by Gasteiger charge is -2.26. The van der Waals surface area contributed by atoms with E-state index in [0.717, 1.165) is 37.1 Å². The number of anilines is 1. The maximum Gasteiger partial charge on any atom is 0.261 e. The second kappa shape index (κ2) is 7.91. The Morgan fingerprint density at radius 1 is 0.962 bits per heavy atom. The van der Waals surface area contributed by atoms with Crippen molar-refractivity contribution >= 4 is 21.6 Å². The highest BCUT2D eigenvalue weighted by Crippen LogP contribution is 2.18. The fraction of sp³-hybridized carbons (Fsp3) is 0.350. The molecule has 1 saturated heterocycles. The molecule has 6 heteroatoms. The van der Waals surface area contributed by atoms with Gasteiger partial charge in [0, 0.05) is 18.8 Å². The van der Waals surface area contributed by atoms with E-state index in [2.05, 4.69) is 4.72 Å². The van der Waals surface area contributed by atoms with Crippen LogP contribution < -0.4 is 4.72 Å². The van der Waals surface area contributed by atoms with Gasteiger partial charge in [0.1, 0.15) is 0 Å². The normalized spacial score (nSPS) is 14.9. The molecule has 1 amide bonds. The van der Waals surface area contributed by atoms with Gasteiger partial charge in [0.25, 0.3) is 10.0 Å². The largest absolute Gasteiger partial charge is 0.342 e. The summed E-state index contributed by atoms with van der Waals surface area (Å²) in [5.74, 6) is 0.137. The number of sulfonamides is 1. The van der Waals surface area contributed by atoms with Gasteiger partial charge < -0.3 is 4.90 Å². The van der Waals surface area contributed by atoms with Crippen molar-refractivity contribution in [1.29, 1.82) is 0 Å². The smallest absolute Gasteiger partial charge is 0.261 e. The summed E-state index contributed by atoms with van der Waals surface area (Å²) in [6.07, 6.45) is 3.70. The van der Waals surface area contributed by atoms with Crippen molar-refractivity contribution in [3.8, 4) is 0 Å². The summed E-state index contributed by atoms with van der Waals surface area (Å²) in [5.41, 5.74) is 2.38. The zero-order chi connectivity index (χ0) is 18.6. The molecule has 0 unspecified atom stereocenters. The third kappa shape index (κ3) is 4.64. The average molecular weight is 372 g/mol. The van der Waals surface area contributed by atoms with E-state index in [1.807, 2.05) is 11.8 Å². The number of hydrogen-bond acceptors (Lipinski definition) is 3. The Kier molecular flexibility index (Phi) is 5.61. The molecule has 0 radical (unpaired) electrons. The van der Waals surface area contributed by atoms with Crippen LogP contribution in [0.4, 0.5) is 5.69 Å². The maximum absolute atomic E-state index is 12.4. The van der Waals surface area contributed by atoms with Gasteiger partial charge in [0.15, 0.2) is 0 Å². The SMILES string of the molecule is Cc1ccc(S(=O)(=O)Nc2ccc(CC(=O)N3CCCCC3)cc2)cc1. The molecule has 0 spiro atoms. The molecule has 0 atom stereocenters. The Morgan fingerprint density at radius 3 is 2.19 bits per heavy atom. The van der Waals surface area contributed by atoms with Crippen molar-refractivity contribution < 1.29 is 13.2 Å². The number of aryl methyl sites for hydroxylation is 1. The standard InChI is InChI=1S/C20H24N2O3S/c1-16-5-11-19(12-6-16)26(24,25)21-18-9-7-17(8-10-18)15-20(23)22-13-3-2-4-14-22/h5-12,21H,2-4,13-15H2,1H3. The predicted octanol–water partition coefficient (Wildman–Crippen LogP) is 3.35. The van der Waals surface area contributed by atoms with Crippen molar-refractivity contribution in [1.82, 2.24) is 4.90 Å². The third-order valence-corrected chi connectivity index (χ3v) is 6.00. The highest BCUT2D eigenvalue weighted by atomic mass is 32.2. The van der Waals surface area contributed by atoms with Crippen LogP contribution in [0.2, 0.25) is 0 Å². The molecule has 1 aliphatic heterocycles. The lowest BCUT2D eigenvalue weighted by atomic mass is 10.1. The minimum absolute atomic E-state index is 0.137. The van der Waals surface area contributed by atoms with E-state index in [1.165, 1.54) is 6.42 Å². The Balaban J connectivity index is 1.63. The molecule has 5 nitrogen and oxygen atoms in total. The summed E-state index contributed by atoms with van der Waals surface area (Å²) in [4.78, 5) is 14.5. The summed E-state index contributed by atoms with van der Waals surface area (Å²) < 4.78 is 27.4. The van der Waals surface area contributed by atoms with Crippen LogP contribution in [0.25, 0.3) is 0 Å². The summed E-state index contributed by atoms with van der Waals surface area (Å²) in [6, 6.07) is 13.7. The molecule has 1 N–H and O–H groups in total. The number of carbonyl (C=O) groups is 1. The molecule has 2 aromatic rings. The maximum atomic E-state index is 12.4. The fourth-order valence-electron chi connectivity index (χ4n) is 3.05. The zero-order valence-corrected chi connectivity index (χ0v) is 15.8. The number of hydrogen-bond donors (Lipinski definition) is 1.